The van der Waals surface area contributed by atoms with E-state index >= 15 is 0 Å². The first kappa shape index (κ1) is 12.7. The lowest BCUT2D eigenvalue weighted by Gasteiger charge is -2.20. The monoisotopic (exact) mass is 226 g/mol. The standard InChI is InChI=1S/C11H18N2O3/c1-5-13-8(14)6-7(9(13)15)12-10(16)11(2,3)4/h7H,5-6H2,1-4H3,(H,12,16)/t7-/m0/s1. The number of likely N-dealkylation sites (N-methyl/N-ethyl adjacent to an activating group) is 1. The van der Waals surface area contributed by atoms with Gasteiger partial charge in [-0.1, -0.05) is 20.8 Å². The number of nitrogens with one attached hydrogen (secondary N) is 1. The van der Waals surface area contributed by atoms with Gasteiger partial charge in [-0.3, -0.25) is 19.3 Å². The Hall–Kier alpha value is -1.39. The Kier molecular flexibility index (Phi) is 3.35. The predicted molar refractivity (Wildman–Crippen MR) is 58.4 cm³/mol. The van der Waals surface area contributed by atoms with Crippen LogP contribution < -0.4 is 5.32 Å². The number of carbonyl (C=O) groups is 3. The summed E-state index contributed by atoms with van der Waals surface area (Å²) in [4.78, 5) is 36.0. The smallest absolute Gasteiger partial charge is 0.252 e. The molecule has 0 aromatic heterocycles. The Morgan fingerprint density at radius 3 is 2.38 bits per heavy atom. The van der Waals surface area contributed by atoms with Crippen molar-refractivity contribution >= 4 is 17.7 Å². The Morgan fingerprint density at radius 2 is 2.00 bits per heavy atom. The van der Waals surface area contributed by atoms with Crippen LogP contribution in [-0.4, -0.2) is 35.2 Å². The zero-order valence-electron chi connectivity index (χ0n) is 10.2. The van der Waals surface area contributed by atoms with Gasteiger partial charge in [0.1, 0.15) is 6.04 Å². The van der Waals surface area contributed by atoms with Crippen molar-refractivity contribution in [3.63, 3.8) is 0 Å². The highest BCUT2D eigenvalue weighted by Gasteiger charge is 2.39. The average Bonchev–Trinajstić information content (AvgIpc) is 2.40. The number of imide groups is 1. The maximum absolute atomic E-state index is 11.7. The van der Waals surface area contributed by atoms with Crippen LogP contribution in [0.25, 0.3) is 0 Å². The summed E-state index contributed by atoms with van der Waals surface area (Å²) in [6, 6.07) is -0.681. The molecule has 16 heavy (non-hydrogen) atoms. The number of amides is 3. The molecule has 0 saturated carbocycles. The normalized spacial score (nSPS) is 21.5. The van der Waals surface area contributed by atoms with E-state index in [0.29, 0.717) is 6.54 Å². The fraction of sp³-hybridized carbons (Fsp3) is 0.727. The van der Waals surface area contributed by atoms with Gasteiger partial charge in [0.15, 0.2) is 0 Å². The zero-order valence-corrected chi connectivity index (χ0v) is 10.2. The molecule has 0 unspecified atom stereocenters. The molecule has 1 N–H and O–H groups in total. The van der Waals surface area contributed by atoms with Gasteiger partial charge >= 0.3 is 0 Å². The minimum Gasteiger partial charge on any atom is -0.343 e. The second-order valence-electron chi connectivity index (χ2n) is 4.96. The highest BCUT2D eigenvalue weighted by atomic mass is 16.2. The highest BCUT2D eigenvalue weighted by molar-refractivity contribution is 6.07. The fourth-order valence-corrected chi connectivity index (χ4v) is 1.50. The molecule has 1 aliphatic rings. The predicted octanol–water partition coefficient (Wildman–Crippen LogP) is 0.296. The summed E-state index contributed by atoms with van der Waals surface area (Å²) in [6.07, 6.45) is 0.0779. The third-order valence-electron chi connectivity index (χ3n) is 2.55. The molecule has 0 aliphatic carbocycles. The van der Waals surface area contributed by atoms with Crippen LogP contribution >= 0.6 is 0 Å². The van der Waals surface area contributed by atoms with E-state index in [1.807, 2.05) is 0 Å². The molecule has 0 spiro atoms. The first-order valence-corrected chi connectivity index (χ1v) is 5.42. The van der Waals surface area contributed by atoms with Gasteiger partial charge in [-0.25, -0.2) is 0 Å². The van der Waals surface area contributed by atoms with Crippen LogP contribution in [0, 0.1) is 5.41 Å². The molecule has 90 valence electrons. The maximum Gasteiger partial charge on any atom is 0.252 e. The van der Waals surface area contributed by atoms with Crippen molar-refractivity contribution in [1.82, 2.24) is 10.2 Å². The van der Waals surface area contributed by atoms with E-state index in [-0.39, 0.29) is 24.1 Å². The summed E-state index contributed by atoms with van der Waals surface area (Å²) in [5.74, 6) is -0.728. The third-order valence-corrected chi connectivity index (χ3v) is 2.55. The van der Waals surface area contributed by atoms with Gasteiger partial charge in [-0.15, -0.1) is 0 Å². The lowest BCUT2D eigenvalue weighted by molar-refractivity contribution is -0.140. The van der Waals surface area contributed by atoms with Crippen LogP contribution in [0.4, 0.5) is 0 Å². The minimum atomic E-state index is -0.681. The van der Waals surface area contributed by atoms with Crippen molar-refractivity contribution in [2.75, 3.05) is 6.54 Å². The molecule has 0 aromatic rings. The number of likely N-dealkylation sites (tertiary alicyclic amines) is 1. The summed E-state index contributed by atoms with van der Waals surface area (Å²) in [7, 11) is 0. The van der Waals surface area contributed by atoms with Crippen LogP contribution in [0.5, 0.6) is 0 Å². The quantitative estimate of drug-likeness (QED) is 0.688. The molecule has 1 saturated heterocycles. The van der Waals surface area contributed by atoms with E-state index in [1.54, 1.807) is 27.7 Å². The Bertz CT molecular complexity index is 331. The number of nitrogens with zero attached hydrogens (tertiary/aromatic N) is 1. The molecule has 5 heteroatoms. The van der Waals surface area contributed by atoms with Gasteiger partial charge in [0, 0.05) is 12.0 Å². The number of carbonyl (C=O) groups excluding carboxylic acids is 3. The molecular formula is C11H18N2O3. The van der Waals surface area contributed by atoms with Gasteiger partial charge in [0.2, 0.25) is 11.8 Å². The highest BCUT2D eigenvalue weighted by Crippen LogP contribution is 2.17. The molecule has 1 aliphatic heterocycles. The van der Waals surface area contributed by atoms with Crippen LogP contribution in [0.1, 0.15) is 34.1 Å². The Balaban J connectivity index is 2.68. The summed E-state index contributed by atoms with van der Waals surface area (Å²) in [6.45, 7) is 7.40. The molecule has 1 atom stereocenters. The molecule has 5 nitrogen and oxygen atoms in total. The van der Waals surface area contributed by atoms with Crippen molar-refractivity contribution in [2.24, 2.45) is 5.41 Å². The van der Waals surface area contributed by atoms with E-state index in [0.717, 1.165) is 0 Å². The molecule has 3 amide bonds. The first-order chi connectivity index (χ1) is 7.27. The number of rotatable bonds is 2. The summed E-state index contributed by atoms with van der Waals surface area (Å²) in [5, 5.41) is 2.61. The SMILES string of the molecule is CCN1C(=O)C[C@H](NC(=O)C(C)(C)C)C1=O. The first-order valence-electron chi connectivity index (χ1n) is 5.42. The lowest BCUT2D eigenvalue weighted by Crippen LogP contribution is -2.45. The van der Waals surface area contributed by atoms with Crippen molar-refractivity contribution < 1.29 is 14.4 Å². The van der Waals surface area contributed by atoms with Crippen molar-refractivity contribution in [2.45, 2.75) is 40.2 Å². The molecule has 1 heterocycles. The molecular weight excluding hydrogens is 208 g/mol. The lowest BCUT2D eigenvalue weighted by atomic mass is 9.95. The van der Waals surface area contributed by atoms with Crippen molar-refractivity contribution in [3.05, 3.63) is 0 Å². The van der Waals surface area contributed by atoms with Crippen LogP contribution in [0.2, 0.25) is 0 Å². The van der Waals surface area contributed by atoms with E-state index < -0.39 is 11.5 Å². The van der Waals surface area contributed by atoms with E-state index in [9.17, 15) is 14.4 Å². The van der Waals surface area contributed by atoms with Gasteiger partial charge in [0.25, 0.3) is 5.91 Å². The van der Waals surface area contributed by atoms with Gasteiger partial charge in [0.05, 0.1) is 6.42 Å². The minimum absolute atomic E-state index is 0.0779. The molecule has 0 bridgehead atoms. The summed E-state index contributed by atoms with van der Waals surface area (Å²) < 4.78 is 0. The van der Waals surface area contributed by atoms with Gasteiger partial charge < -0.3 is 5.32 Å². The maximum atomic E-state index is 11.7. The van der Waals surface area contributed by atoms with Crippen LogP contribution in [-0.2, 0) is 14.4 Å². The zero-order chi connectivity index (χ0) is 12.5. The average molecular weight is 226 g/mol. The van der Waals surface area contributed by atoms with Gasteiger partial charge in [-0.05, 0) is 6.92 Å². The molecule has 0 aromatic carbocycles. The second-order valence-corrected chi connectivity index (χ2v) is 4.96. The Labute approximate surface area is 95.2 Å². The molecule has 1 fully saturated rings. The van der Waals surface area contributed by atoms with Crippen LogP contribution in [0.15, 0.2) is 0 Å². The van der Waals surface area contributed by atoms with E-state index in [2.05, 4.69) is 5.32 Å². The van der Waals surface area contributed by atoms with Crippen LogP contribution in [0.3, 0.4) is 0 Å². The Morgan fingerprint density at radius 1 is 1.44 bits per heavy atom. The second kappa shape index (κ2) is 4.23. The molecule has 0 radical (unpaired) electrons. The summed E-state index contributed by atoms with van der Waals surface area (Å²) in [5.41, 5.74) is -0.553. The number of hydrogen-bond acceptors (Lipinski definition) is 3. The van der Waals surface area contributed by atoms with E-state index in [1.165, 1.54) is 4.90 Å². The largest absolute Gasteiger partial charge is 0.343 e. The van der Waals surface area contributed by atoms with Crippen molar-refractivity contribution in [1.29, 1.82) is 0 Å². The molecule has 1 rings (SSSR count). The fourth-order valence-electron chi connectivity index (χ4n) is 1.50. The number of hydrogen-bond donors (Lipinski definition) is 1. The topological polar surface area (TPSA) is 66.5 Å². The van der Waals surface area contributed by atoms with Crippen molar-refractivity contribution in [3.8, 4) is 0 Å². The van der Waals surface area contributed by atoms with Gasteiger partial charge in [-0.2, -0.15) is 0 Å². The summed E-state index contributed by atoms with van der Waals surface area (Å²) >= 11 is 0. The third kappa shape index (κ3) is 2.40. The van der Waals surface area contributed by atoms with E-state index in [4.69, 9.17) is 0 Å².